The first-order valence-corrected chi connectivity index (χ1v) is 28.6. The van der Waals surface area contributed by atoms with Crippen molar-refractivity contribution in [3.8, 4) is 0 Å². The number of aromatic nitrogens is 9. The van der Waals surface area contributed by atoms with Gasteiger partial charge >= 0.3 is 11.9 Å². The molecule has 25 nitrogen and oxygen atoms in total. The maximum Gasteiger partial charge on any atom is 0.338 e. The minimum absolute atomic E-state index is 0. The number of ether oxygens (including phenoxy) is 5. The Morgan fingerprint density at radius 1 is 0.648 bits per heavy atom. The maximum atomic E-state index is 15.6. The minimum atomic E-state index is -1.86. The number of ketones is 2. The van der Waals surface area contributed by atoms with E-state index in [2.05, 4.69) is 50.8 Å². The Morgan fingerprint density at radius 3 is 1.60 bits per heavy atom. The number of nitrogen functional groups attached to an aromatic ring is 1. The lowest BCUT2D eigenvalue weighted by Gasteiger charge is -2.18. The van der Waals surface area contributed by atoms with Crippen molar-refractivity contribution in [1.29, 1.82) is 0 Å². The number of benzene rings is 2. The fourth-order valence-corrected chi connectivity index (χ4v) is 11.2. The second-order valence-corrected chi connectivity index (χ2v) is 21.7. The van der Waals surface area contributed by atoms with Gasteiger partial charge in [-0.2, -0.15) is 15.0 Å². The number of hydrogen-bond donors (Lipinski definition) is 6. The Bertz CT molecular complexity index is 3830. The number of rotatable bonds is 12. The lowest BCUT2D eigenvalue weighted by molar-refractivity contribution is -0.0457. The van der Waals surface area contributed by atoms with Crippen LogP contribution in [0.4, 0.5) is 19.0 Å². The summed E-state index contributed by atoms with van der Waals surface area (Å²) < 4.78 is 73.5. The average molecular weight is 1390 g/mol. The molecule has 3 saturated heterocycles. The average Bonchev–Trinajstić information content (AvgIpc) is 1.72. The minimum Gasteiger partial charge on any atom is -0.453 e. The number of alkyl halides is 4. The van der Waals surface area contributed by atoms with Crippen LogP contribution in [0.15, 0.2) is 79.3 Å². The SMILES string of the molecule is CC(=O)c1c[nH]c2nc(Cl)nc(Cl)c12.CC[C@H]1OC(n2cc(C(C)=O)c3c(Cl)nc(Cl)nc32)[C@H](F)C1OC(=O)c1ccccc1.CC[C@H]1O[C@H](Br)[C@H](F)C1OC(=O)c1ccccc1.N.NC(=O)c1cn([C@@H]2O[C@H](CO)C(O)[C@H]2F)c2nc(Cl)nc(N)c12.O. The van der Waals surface area contributed by atoms with Gasteiger partial charge in [-0.15, -0.1) is 0 Å². The molecule has 3 aliphatic heterocycles. The largest absolute Gasteiger partial charge is 0.453 e. The molecule has 0 bridgehead atoms. The summed E-state index contributed by atoms with van der Waals surface area (Å²) in [5.41, 5.74) is 13.1. The van der Waals surface area contributed by atoms with Crippen molar-refractivity contribution in [3.63, 3.8) is 0 Å². The number of Topliss-reactive ketones (excluding diaryl/α,β-unsaturated/α-hetero) is 2. The number of nitrogens with two attached hydrogens (primary N) is 2. The predicted octanol–water partition coefficient (Wildman–Crippen LogP) is 9.05. The van der Waals surface area contributed by atoms with Crippen molar-refractivity contribution in [3.05, 3.63) is 133 Å². The van der Waals surface area contributed by atoms with Crippen LogP contribution in [0.2, 0.25) is 26.2 Å². The van der Waals surface area contributed by atoms with Gasteiger partial charge in [0.15, 0.2) is 54.7 Å². The van der Waals surface area contributed by atoms with Crippen molar-refractivity contribution in [2.45, 2.75) is 113 Å². The third-order valence-corrected chi connectivity index (χ3v) is 15.4. The second-order valence-electron chi connectivity index (χ2n) is 19.1. The molecule has 1 amide bonds. The standard InChI is InChI=1S/C21H18Cl2FN3O4.C13H14BrFO3.C12H13ClFN5O4.C8H5Cl2N3O.H3N.H2O/c1-3-13-16(31-20(29)11-7-5-4-6-8-11)15(24)19(30-13)27-9-12(10(2)28)14-17(22)25-21(23)26-18(14)27;1-2-9-11(10(15)12(14)17-9)18-13(16)8-6-4-3-5-7-8;13-12-17-8(15)5-3(9(16)22)1-19(10(5)18-12)11-6(14)7(21)4(2-20)23-11;1-3(14)4-2-11-7-5(4)6(9)12-8(10)13-7;;/h4-9,13,15-16,19H,3H2,1-2H3;3-7,9-12H,2H2,1H3;1,4,6-7,11,20-21H,2H2,(H2,16,22)(H2,15,17,18);2H,1H3,(H,11,12,13);1H3;1H2/t13-,15-,16?,19?;9-,10-,11?,12+;4-,6-,7?,11-;;;/m111.../s1. The van der Waals surface area contributed by atoms with E-state index in [1.807, 2.05) is 6.92 Å². The molecule has 0 saturated carbocycles. The molecule has 0 aliphatic carbocycles. The van der Waals surface area contributed by atoms with Crippen LogP contribution in [0.3, 0.4) is 0 Å². The van der Waals surface area contributed by atoms with Crippen LogP contribution in [-0.4, -0.2) is 156 Å². The van der Waals surface area contributed by atoms with Gasteiger partial charge in [-0.25, -0.2) is 37.7 Å². The maximum absolute atomic E-state index is 15.6. The number of aromatic amines is 1. The summed E-state index contributed by atoms with van der Waals surface area (Å²) in [5, 5.41) is 18.9. The summed E-state index contributed by atoms with van der Waals surface area (Å²) in [6.45, 7) is 5.90. The number of amides is 1. The van der Waals surface area contributed by atoms with E-state index in [1.165, 1.54) is 30.8 Å². The topological polar surface area (TPSA) is 393 Å². The van der Waals surface area contributed by atoms with E-state index in [0.29, 0.717) is 40.6 Å². The van der Waals surface area contributed by atoms with Gasteiger partial charge in [-0.1, -0.05) is 89.4 Å². The third kappa shape index (κ3) is 15.0. The molecule has 12 atom stereocenters. The highest BCUT2D eigenvalue weighted by Gasteiger charge is 2.50. The summed E-state index contributed by atoms with van der Waals surface area (Å²) in [7, 11) is 0. The molecule has 0 radical (unpaired) electrons. The molecular weight excluding hydrogens is 1340 g/mol. The van der Waals surface area contributed by atoms with Gasteiger partial charge < -0.3 is 71.1 Å². The van der Waals surface area contributed by atoms with Crippen molar-refractivity contribution in [2.24, 2.45) is 5.73 Å². The first-order chi connectivity index (χ1) is 40.9. The monoisotopic (exact) mass is 1390 g/mol. The molecular formula is C54H55BrCl5F3N12O13. The lowest BCUT2D eigenvalue weighted by atomic mass is 10.1. The smallest absolute Gasteiger partial charge is 0.338 e. The van der Waals surface area contributed by atoms with Crippen molar-refractivity contribution in [2.75, 3.05) is 12.3 Å². The summed E-state index contributed by atoms with van der Waals surface area (Å²) in [6, 6.07) is 16.9. The van der Waals surface area contributed by atoms with Crippen molar-refractivity contribution < 1.29 is 76.5 Å². The van der Waals surface area contributed by atoms with E-state index < -0.39 is 97.1 Å². The van der Waals surface area contributed by atoms with Crippen molar-refractivity contribution >= 4 is 142 Å². The Labute approximate surface area is 530 Å². The fraction of sp³-hybridized carbons (Fsp3) is 0.352. The number of aliphatic hydroxyl groups is 2. The van der Waals surface area contributed by atoms with Gasteiger partial charge in [0.25, 0.3) is 5.91 Å². The molecule has 34 heteroatoms. The van der Waals surface area contributed by atoms with Crippen LogP contribution >= 0.6 is 73.9 Å². The Morgan fingerprint density at radius 2 is 1.10 bits per heavy atom. The highest BCUT2D eigenvalue weighted by atomic mass is 79.9. The predicted molar refractivity (Wildman–Crippen MR) is 321 cm³/mol. The number of nitrogens with one attached hydrogen (secondary N) is 1. The van der Waals surface area contributed by atoms with Crippen LogP contribution in [0.1, 0.15) is 105 Å². The van der Waals surface area contributed by atoms with Gasteiger partial charge in [-0.05, 0) is 85.8 Å². The number of nitrogens with zero attached hydrogens (tertiary/aromatic N) is 8. The van der Waals surface area contributed by atoms with E-state index in [1.54, 1.807) is 73.8 Å². The fourth-order valence-electron chi connectivity index (χ4n) is 9.45. The Hall–Kier alpha value is -6.71. The van der Waals surface area contributed by atoms with Crippen LogP contribution in [0.25, 0.3) is 33.1 Å². The molecule has 4 unspecified atom stereocenters. The summed E-state index contributed by atoms with van der Waals surface area (Å²) >= 11 is 32.4. The molecule has 9 heterocycles. The highest BCUT2D eigenvalue weighted by molar-refractivity contribution is 9.09. The van der Waals surface area contributed by atoms with Gasteiger partial charge in [0.1, 0.15) is 56.4 Å². The summed E-state index contributed by atoms with van der Waals surface area (Å²) in [4.78, 5) is 85.4. The van der Waals surface area contributed by atoms with Crippen LogP contribution in [-0.2, 0) is 23.7 Å². The van der Waals surface area contributed by atoms with Gasteiger partial charge in [0.2, 0.25) is 15.9 Å². The Balaban J connectivity index is 0.000000193. The summed E-state index contributed by atoms with van der Waals surface area (Å²) in [6.07, 6.45) is -8.04. The number of aliphatic hydroxyl groups excluding tert-OH is 2. The number of hydrogen-bond acceptors (Lipinski definition) is 20. The number of halogens is 9. The first kappa shape index (κ1) is 70.4. The van der Waals surface area contributed by atoms with E-state index in [-0.39, 0.29) is 88.4 Å². The van der Waals surface area contributed by atoms with Crippen LogP contribution in [0.5, 0.6) is 0 Å². The molecule has 12 N–H and O–H groups in total. The highest BCUT2D eigenvalue weighted by Crippen LogP contribution is 2.41. The van der Waals surface area contributed by atoms with Crippen LogP contribution in [0, 0.1) is 0 Å². The third-order valence-electron chi connectivity index (χ3n) is 13.6. The molecule has 3 fully saturated rings. The van der Waals surface area contributed by atoms with Gasteiger partial charge in [0, 0.05) is 29.7 Å². The van der Waals surface area contributed by atoms with Gasteiger partial charge in [0.05, 0.1) is 45.6 Å². The molecule has 8 aromatic rings. The van der Waals surface area contributed by atoms with Crippen molar-refractivity contribution in [1.82, 2.24) is 50.2 Å². The molecule has 2 aromatic carbocycles. The number of carbonyl (C=O) groups excluding carboxylic acids is 5. The first-order valence-electron chi connectivity index (χ1n) is 25.8. The normalized spacial score (nSPS) is 23.5. The molecule has 3 aliphatic rings. The number of fused-ring (bicyclic) bond motifs is 3. The number of esters is 2. The number of carbonyl (C=O) groups is 5. The second kappa shape index (κ2) is 30.2. The van der Waals surface area contributed by atoms with E-state index >= 15 is 4.39 Å². The van der Waals surface area contributed by atoms with Crippen LogP contribution < -0.4 is 17.6 Å². The number of H-pyrrole nitrogens is 1. The van der Waals surface area contributed by atoms with Gasteiger partial charge in [-0.3, -0.25) is 14.4 Å². The molecule has 472 valence electrons. The quantitative estimate of drug-likeness (QED) is 0.0218. The van der Waals surface area contributed by atoms with E-state index in [9.17, 15) is 37.9 Å². The zero-order valence-corrected chi connectivity index (χ0v) is 51.7. The lowest BCUT2D eigenvalue weighted by Crippen LogP contribution is -2.33. The Kier molecular flexibility index (Phi) is 24.2. The molecule has 11 rings (SSSR count). The molecule has 88 heavy (non-hydrogen) atoms. The van der Waals surface area contributed by atoms with E-state index in [4.69, 9.17) is 98.3 Å². The number of anilines is 1. The zero-order chi connectivity index (χ0) is 62.6. The molecule has 0 spiro atoms. The number of primary amides is 1. The van der Waals surface area contributed by atoms with E-state index in [0.717, 1.165) is 4.57 Å². The molecule has 6 aromatic heterocycles. The summed E-state index contributed by atoms with van der Waals surface area (Å²) in [5.74, 6) is -2.48. The zero-order valence-electron chi connectivity index (χ0n) is 46.4.